The van der Waals surface area contributed by atoms with Gasteiger partial charge in [-0.25, -0.2) is 4.39 Å². The van der Waals surface area contributed by atoms with E-state index in [2.05, 4.69) is 4.74 Å². The Morgan fingerprint density at radius 2 is 2.00 bits per heavy atom. The molecule has 1 rings (SSSR count). The summed E-state index contributed by atoms with van der Waals surface area (Å²) in [5, 5.41) is 9.04. The van der Waals surface area contributed by atoms with Gasteiger partial charge in [0.1, 0.15) is 18.5 Å². The first-order chi connectivity index (χ1) is 6.92. The topological polar surface area (TPSA) is 29.5 Å². The molecular weight excluding hydrogens is 216 g/mol. The largest absolute Gasteiger partial charge is 0.573 e. The van der Waals surface area contributed by atoms with Gasteiger partial charge in [0.15, 0.2) is 0 Å². The third-order valence-electron chi connectivity index (χ3n) is 1.62. The molecule has 84 valence electrons. The molecular formula is C9H8F4O2. The maximum atomic E-state index is 12.0. The molecule has 6 heteroatoms. The normalized spacial score (nSPS) is 13.7. The molecule has 0 aromatic heterocycles. The van der Waals surface area contributed by atoms with Crippen LogP contribution in [-0.4, -0.2) is 18.1 Å². The maximum absolute atomic E-state index is 12.0. The minimum absolute atomic E-state index is 0.0410. The van der Waals surface area contributed by atoms with Crippen LogP contribution in [0.25, 0.3) is 0 Å². The minimum atomic E-state index is -4.79. The van der Waals surface area contributed by atoms with Gasteiger partial charge >= 0.3 is 6.36 Å². The monoisotopic (exact) mass is 224 g/mol. The summed E-state index contributed by atoms with van der Waals surface area (Å²) in [5.74, 6) is -0.479. The van der Waals surface area contributed by atoms with E-state index in [0.717, 1.165) is 12.1 Å². The second kappa shape index (κ2) is 4.48. The summed E-state index contributed by atoms with van der Waals surface area (Å²) < 4.78 is 51.0. The van der Waals surface area contributed by atoms with E-state index in [0.29, 0.717) is 0 Å². The summed E-state index contributed by atoms with van der Waals surface area (Å²) in [6.07, 6.45) is -6.22. The Morgan fingerprint density at radius 1 is 1.33 bits per heavy atom. The molecule has 0 aliphatic rings. The Labute approximate surface area is 83.1 Å². The number of ether oxygens (including phenoxy) is 1. The van der Waals surface area contributed by atoms with Crippen LogP contribution >= 0.6 is 0 Å². The van der Waals surface area contributed by atoms with Crippen molar-refractivity contribution in [2.75, 3.05) is 6.67 Å². The molecule has 0 fully saturated rings. The lowest BCUT2D eigenvalue weighted by Crippen LogP contribution is -2.17. The number of aliphatic hydroxyl groups excluding tert-OH is 1. The molecule has 15 heavy (non-hydrogen) atoms. The summed E-state index contributed by atoms with van der Waals surface area (Å²) in [4.78, 5) is 0. The third-order valence-corrected chi connectivity index (χ3v) is 1.62. The number of halogens is 4. The summed E-state index contributed by atoms with van der Waals surface area (Å²) in [6.45, 7) is -1.06. The molecule has 1 aromatic carbocycles. The first kappa shape index (κ1) is 11.8. The lowest BCUT2D eigenvalue weighted by molar-refractivity contribution is -0.274. The molecule has 0 spiro atoms. The van der Waals surface area contributed by atoms with E-state index in [1.807, 2.05) is 0 Å². The second-order valence-electron chi connectivity index (χ2n) is 2.79. The minimum Gasteiger partial charge on any atom is -0.406 e. The van der Waals surface area contributed by atoms with Crippen molar-refractivity contribution < 1.29 is 27.4 Å². The van der Waals surface area contributed by atoms with Gasteiger partial charge in [-0.15, -0.1) is 13.2 Å². The van der Waals surface area contributed by atoms with Gasteiger partial charge in [0.25, 0.3) is 0 Å². The smallest absolute Gasteiger partial charge is 0.406 e. The zero-order valence-corrected chi connectivity index (χ0v) is 7.46. The van der Waals surface area contributed by atoms with Crippen molar-refractivity contribution in [3.8, 4) is 5.75 Å². The van der Waals surface area contributed by atoms with E-state index in [9.17, 15) is 17.6 Å². The zero-order valence-electron chi connectivity index (χ0n) is 7.46. The number of alkyl halides is 4. The predicted molar refractivity (Wildman–Crippen MR) is 44.1 cm³/mol. The van der Waals surface area contributed by atoms with E-state index in [1.165, 1.54) is 12.1 Å². The van der Waals surface area contributed by atoms with Crippen molar-refractivity contribution in [3.05, 3.63) is 29.8 Å². The van der Waals surface area contributed by atoms with Crippen molar-refractivity contribution in [2.45, 2.75) is 12.5 Å². The van der Waals surface area contributed by atoms with E-state index in [4.69, 9.17) is 5.11 Å². The SMILES string of the molecule is OC(CF)c1cccc(OC(F)(F)F)c1. The van der Waals surface area contributed by atoms with Crippen molar-refractivity contribution in [2.24, 2.45) is 0 Å². The first-order valence-electron chi connectivity index (χ1n) is 4.02. The molecule has 1 atom stereocenters. The molecule has 2 nitrogen and oxygen atoms in total. The van der Waals surface area contributed by atoms with Gasteiger partial charge in [-0.05, 0) is 17.7 Å². The van der Waals surface area contributed by atoms with E-state index < -0.39 is 24.9 Å². The Hall–Kier alpha value is -1.30. The number of hydrogen-bond donors (Lipinski definition) is 1. The van der Waals surface area contributed by atoms with Crippen molar-refractivity contribution >= 4 is 0 Å². The van der Waals surface area contributed by atoms with Gasteiger partial charge in [-0.3, -0.25) is 0 Å². The fourth-order valence-electron chi connectivity index (χ4n) is 1.01. The molecule has 1 aromatic rings. The average Bonchev–Trinajstić information content (AvgIpc) is 2.14. The number of rotatable bonds is 3. The Morgan fingerprint density at radius 3 is 2.53 bits per heavy atom. The van der Waals surface area contributed by atoms with Gasteiger partial charge in [0, 0.05) is 0 Å². The number of benzene rings is 1. The van der Waals surface area contributed by atoms with Crippen LogP contribution < -0.4 is 4.74 Å². The number of hydrogen-bond acceptors (Lipinski definition) is 2. The zero-order chi connectivity index (χ0) is 11.5. The van der Waals surface area contributed by atoms with Crippen LogP contribution in [0, 0.1) is 0 Å². The van der Waals surface area contributed by atoms with Crippen molar-refractivity contribution in [1.29, 1.82) is 0 Å². The Balaban J connectivity index is 2.83. The van der Waals surface area contributed by atoms with E-state index in [-0.39, 0.29) is 5.56 Å². The predicted octanol–water partition coefficient (Wildman–Crippen LogP) is 2.59. The summed E-state index contributed by atoms with van der Waals surface area (Å²) in [6, 6.07) is 4.57. The molecule has 0 heterocycles. The molecule has 0 saturated carbocycles. The van der Waals surface area contributed by atoms with Crippen LogP contribution in [0.1, 0.15) is 11.7 Å². The molecule has 0 aliphatic carbocycles. The average molecular weight is 224 g/mol. The fraction of sp³-hybridized carbons (Fsp3) is 0.333. The lowest BCUT2D eigenvalue weighted by Gasteiger charge is -2.11. The van der Waals surface area contributed by atoms with Gasteiger partial charge < -0.3 is 9.84 Å². The van der Waals surface area contributed by atoms with Crippen LogP contribution in [0.3, 0.4) is 0 Å². The molecule has 0 aliphatic heterocycles. The van der Waals surface area contributed by atoms with Crippen LogP contribution in [0.5, 0.6) is 5.75 Å². The van der Waals surface area contributed by atoms with Gasteiger partial charge in [-0.1, -0.05) is 12.1 Å². The van der Waals surface area contributed by atoms with Crippen LogP contribution in [-0.2, 0) is 0 Å². The summed E-state index contributed by atoms with van der Waals surface area (Å²) in [5.41, 5.74) is 0.0410. The summed E-state index contributed by atoms with van der Waals surface area (Å²) >= 11 is 0. The fourth-order valence-corrected chi connectivity index (χ4v) is 1.01. The Bertz CT molecular complexity index is 324. The van der Waals surface area contributed by atoms with Crippen LogP contribution in [0.4, 0.5) is 17.6 Å². The van der Waals surface area contributed by atoms with Crippen LogP contribution in [0.15, 0.2) is 24.3 Å². The lowest BCUT2D eigenvalue weighted by atomic mass is 10.1. The quantitative estimate of drug-likeness (QED) is 0.799. The van der Waals surface area contributed by atoms with E-state index >= 15 is 0 Å². The summed E-state index contributed by atoms with van der Waals surface area (Å²) in [7, 11) is 0. The second-order valence-corrected chi connectivity index (χ2v) is 2.79. The third kappa shape index (κ3) is 3.75. The van der Waals surface area contributed by atoms with Crippen molar-refractivity contribution in [3.63, 3.8) is 0 Å². The Kier molecular flexibility index (Phi) is 3.52. The molecule has 0 radical (unpaired) electrons. The highest BCUT2D eigenvalue weighted by atomic mass is 19.4. The highest BCUT2D eigenvalue weighted by Crippen LogP contribution is 2.25. The number of aliphatic hydroxyl groups is 1. The van der Waals surface area contributed by atoms with Gasteiger partial charge in [0.2, 0.25) is 0 Å². The molecule has 0 bridgehead atoms. The van der Waals surface area contributed by atoms with E-state index in [1.54, 1.807) is 0 Å². The maximum Gasteiger partial charge on any atom is 0.573 e. The molecule has 1 N–H and O–H groups in total. The molecule has 0 saturated heterocycles. The molecule has 0 amide bonds. The van der Waals surface area contributed by atoms with Crippen molar-refractivity contribution in [1.82, 2.24) is 0 Å². The van der Waals surface area contributed by atoms with Gasteiger partial charge in [0.05, 0.1) is 0 Å². The highest BCUT2D eigenvalue weighted by molar-refractivity contribution is 5.30. The molecule has 1 unspecified atom stereocenters. The highest BCUT2D eigenvalue weighted by Gasteiger charge is 2.31. The van der Waals surface area contributed by atoms with Crippen LogP contribution in [0.2, 0.25) is 0 Å². The first-order valence-corrected chi connectivity index (χ1v) is 4.02. The van der Waals surface area contributed by atoms with Gasteiger partial charge in [-0.2, -0.15) is 0 Å². The standard InChI is InChI=1S/C9H8F4O2/c10-5-8(14)6-2-1-3-7(4-6)15-9(11,12)13/h1-4,8,14H,5H2.